The first kappa shape index (κ1) is 13.4. The van der Waals surface area contributed by atoms with E-state index in [1.54, 1.807) is 12.3 Å². The van der Waals surface area contributed by atoms with E-state index in [4.69, 9.17) is 0 Å². The van der Waals surface area contributed by atoms with Crippen LogP contribution in [0.3, 0.4) is 0 Å². The van der Waals surface area contributed by atoms with Crippen LogP contribution in [0.4, 0.5) is 5.69 Å². The van der Waals surface area contributed by atoms with Crippen LogP contribution in [0.1, 0.15) is 5.56 Å². The van der Waals surface area contributed by atoms with Crippen molar-refractivity contribution in [3.05, 3.63) is 78.5 Å². The molecule has 96 valence electrons. The SMILES string of the molecule is O=C(/C=C/Nc1ccccc1)SCc1ccccc1. The van der Waals surface area contributed by atoms with Crippen molar-refractivity contribution >= 4 is 22.6 Å². The van der Waals surface area contributed by atoms with Gasteiger partial charge in [0.1, 0.15) is 0 Å². The minimum Gasteiger partial charge on any atom is -0.362 e. The van der Waals surface area contributed by atoms with Crippen LogP contribution >= 0.6 is 11.8 Å². The molecule has 19 heavy (non-hydrogen) atoms. The normalized spacial score (nSPS) is 10.5. The predicted octanol–water partition coefficient (Wildman–Crippen LogP) is 4.07. The Hall–Kier alpha value is -2.00. The molecule has 0 unspecified atom stereocenters. The third-order valence-corrected chi connectivity index (χ3v) is 3.37. The molecule has 2 aromatic rings. The minimum atomic E-state index is 0.0484. The average Bonchev–Trinajstić information content (AvgIpc) is 2.47. The highest BCUT2D eigenvalue weighted by atomic mass is 32.2. The topological polar surface area (TPSA) is 29.1 Å². The molecule has 0 aromatic heterocycles. The summed E-state index contributed by atoms with van der Waals surface area (Å²) in [5, 5.41) is 3.11. The van der Waals surface area contributed by atoms with Crippen LogP contribution < -0.4 is 5.32 Å². The Balaban J connectivity index is 1.75. The third kappa shape index (κ3) is 5.02. The molecule has 0 aliphatic heterocycles. The van der Waals surface area contributed by atoms with Crippen molar-refractivity contribution < 1.29 is 4.79 Å². The number of hydrogen-bond donors (Lipinski definition) is 1. The van der Waals surface area contributed by atoms with E-state index in [1.807, 2.05) is 60.7 Å². The zero-order valence-corrected chi connectivity index (χ0v) is 11.3. The summed E-state index contributed by atoms with van der Waals surface area (Å²) in [4.78, 5) is 11.6. The highest BCUT2D eigenvalue weighted by molar-refractivity contribution is 8.13. The van der Waals surface area contributed by atoms with Crippen LogP contribution in [0.2, 0.25) is 0 Å². The first-order valence-electron chi connectivity index (χ1n) is 6.03. The number of nitrogens with one attached hydrogen (secondary N) is 1. The van der Waals surface area contributed by atoms with Gasteiger partial charge in [-0.25, -0.2) is 0 Å². The van der Waals surface area contributed by atoms with Crippen LogP contribution in [0.25, 0.3) is 0 Å². The lowest BCUT2D eigenvalue weighted by atomic mass is 10.2. The van der Waals surface area contributed by atoms with Crippen LogP contribution in [0, 0.1) is 0 Å². The molecule has 0 aliphatic rings. The molecule has 0 amide bonds. The molecule has 0 radical (unpaired) electrons. The molecule has 3 heteroatoms. The van der Waals surface area contributed by atoms with E-state index in [0.717, 1.165) is 11.3 Å². The van der Waals surface area contributed by atoms with Gasteiger partial charge in [0.25, 0.3) is 0 Å². The van der Waals surface area contributed by atoms with Gasteiger partial charge in [-0.1, -0.05) is 60.3 Å². The second-order valence-corrected chi connectivity index (χ2v) is 4.92. The highest BCUT2D eigenvalue weighted by Gasteiger charge is 1.98. The lowest BCUT2D eigenvalue weighted by molar-refractivity contribution is -0.107. The van der Waals surface area contributed by atoms with E-state index < -0.39 is 0 Å². The largest absolute Gasteiger partial charge is 0.362 e. The number of anilines is 1. The second kappa shape index (κ2) is 7.44. The molecule has 0 aliphatic carbocycles. The number of para-hydroxylation sites is 1. The Morgan fingerprint density at radius 2 is 1.63 bits per heavy atom. The summed E-state index contributed by atoms with van der Waals surface area (Å²) in [6.45, 7) is 0. The van der Waals surface area contributed by atoms with Crippen LogP contribution in [0.5, 0.6) is 0 Å². The van der Waals surface area contributed by atoms with Gasteiger partial charge in [-0.2, -0.15) is 0 Å². The fourth-order valence-electron chi connectivity index (χ4n) is 1.52. The predicted molar refractivity (Wildman–Crippen MR) is 81.9 cm³/mol. The van der Waals surface area contributed by atoms with Gasteiger partial charge >= 0.3 is 0 Å². The third-order valence-electron chi connectivity index (χ3n) is 2.47. The maximum absolute atomic E-state index is 11.6. The number of carbonyl (C=O) groups is 1. The smallest absolute Gasteiger partial charge is 0.213 e. The van der Waals surface area contributed by atoms with Crippen LogP contribution in [0.15, 0.2) is 72.9 Å². The summed E-state index contributed by atoms with van der Waals surface area (Å²) in [6, 6.07) is 19.7. The lowest BCUT2D eigenvalue weighted by Gasteiger charge is -1.99. The number of rotatable bonds is 5. The quantitative estimate of drug-likeness (QED) is 0.829. The van der Waals surface area contributed by atoms with Crippen molar-refractivity contribution in [1.82, 2.24) is 0 Å². The summed E-state index contributed by atoms with van der Waals surface area (Å²) >= 11 is 1.30. The van der Waals surface area contributed by atoms with Gasteiger partial charge in [0, 0.05) is 23.7 Å². The number of carbonyl (C=O) groups excluding carboxylic acids is 1. The van der Waals surface area contributed by atoms with E-state index in [-0.39, 0.29) is 5.12 Å². The molecule has 0 atom stereocenters. The Bertz CT molecular complexity index is 537. The molecule has 1 N–H and O–H groups in total. The standard InChI is InChI=1S/C16H15NOS/c18-16(19-13-14-7-3-1-4-8-14)11-12-17-15-9-5-2-6-10-15/h1-12,17H,13H2/b12-11+. The maximum atomic E-state index is 11.6. The van der Waals surface area contributed by atoms with E-state index in [2.05, 4.69) is 5.32 Å². The number of thioether (sulfide) groups is 1. The molecule has 0 bridgehead atoms. The summed E-state index contributed by atoms with van der Waals surface area (Å²) in [6.07, 6.45) is 3.23. The van der Waals surface area contributed by atoms with Crippen molar-refractivity contribution in [2.75, 3.05) is 5.32 Å². The lowest BCUT2D eigenvalue weighted by Crippen LogP contribution is -1.91. The molecule has 0 heterocycles. The Labute approximate surface area is 117 Å². The molecule has 0 saturated carbocycles. The van der Waals surface area contributed by atoms with Crippen LogP contribution in [-0.2, 0) is 10.5 Å². The fraction of sp³-hybridized carbons (Fsp3) is 0.0625. The zero-order chi connectivity index (χ0) is 13.3. The summed E-state index contributed by atoms with van der Waals surface area (Å²) in [5.41, 5.74) is 2.13. The summed E-state index contributed by atoms with van der Waals surface area (Å²) in [7, 11) is 0. The van der Waals surface area contributed by atoms with Crippen molar-refractivity contribution in [1.29, 1.82) is 0 Å². The van der Waals surface area contributed by atoms with Gasteiger partial charge in [0.05, 0.1) is 0 Å². The van der Waals surface area contributed by atoms with Gasteiger partial charge in [-0.3, -0.25) is 4.79 Å². The Kier molecular flexibility index (Phi) is 5.26. The fourth-order valence-corrected chi connectivity index (χ4v) is 2.18. The Morgan fingerprint density at radius 1 is 1.00 bits per heavy atom. The van der Waals surface area contributed by atoms with Crippen molar-refractivity contribution in [2.24, 2.45) is 0 Å². The molecule has 0 spiro atoms. The molecule has 0 fully saturated rings. The van der Waals surface area contributed by atoms with E-state index >= 15 is 0 Å². The van der Waals surface area contributed by atoms with E-state index in [0.29, 0.717) is 5.75 Å². The Morgan fingerprint density at radius 3 is 2.32 bits per heavy atom. The minimum absolute atomic E-state index is 0.0484. The molecule has 2 aromatic carbocycles. The number of hydrogen-bond acceptors (Lipinski definition) is 3. The van der Waals surface area contributed by atoms with E-state index in [9.17, 15) is 4.79 Å². The van der Waals surface area contributed by atoms with Crippen molar-refractivity contribution in [3.8, 4) is 0 Å². The highest BCUT2D eigenvalue weighted by Crippen LogP contribution is 2.13. The summed E-state index contributed by atoms with van der Waals surface area (Å²) in [5.74, 6) is 0.704. The number of benzene rings is 2. The van der Waals surface area contributed by atoms with Crippen molar-refractivity contribution in [3.63, 3.8) is 0 Å². The van der Waals surface area contributed by atoms with Gasteiger partial charge in [0.15, 0.2) is 0 Å². The maximum Gasteiger partial charge on any atom is 0.213 e. The van der Waals surface area contributed by atoms with Crippen LogP contribution in [-0.4, -0.2) is 5.12 Å². The first-order chi connectivity index (χ1) is 9.34. The molecule has 2 rings (SSSR count). The average molecular weight is 269 g/mol. The van der Waals surface area contributed by atoms with Crippen molar-refractivity contribution in [2.45, 2.75) is 5.75 Å². The summed E-state index contributed by atoms with van der Waals surface area (Å²) < 4.78 is 0. The second-order valence-electron chi connectivity index (χ2n) is 3.94. The van der Waals surface area contributed by atoms with E-state index in [1.165, 1.54) is 11.8 Å². The molecule has 2 nitrogen and oxygen atoms in total. The monoisotopic (exact) mass is 269 g/mol. The molecular weight excluding hydrogens is 254 g/mol. The molecule has 0 saturated heterocycles. The zero-order valence-electron chi connectivity index (χ0n) is 10.5. The van der Waals surface area contributed by atoms with Gasteiger partial charge in [-0.15, -0.1) is 0 Å². The van der Waals surface area contributed by atoms with Gasteiger partial charge < -0.3 is 5.32 Å². The molecular formula is C16H15NOS. The van der Waals surface area contributed by atoms with Gasteiger partial charge in [0.2, 0.25) is 5.12 Å². The van der Waals surface area contributed by atoms with Gasteiger partial charge in [-0.05, 0) is 17.7 Å². The first-order valence-corrected chi connectivity index (χ1v) is 7.02.